The first-order valence-corrected chi connectivity index (χ1v) is 11.4. The van der Waals surface area contributed by atoms with Gasteiger partial charge in [0.05, 0.1) is 13.0 Å². The highest BCUT2D eigenvalue weighted by molar-refractivity contribution is 5.94. The number of anilines is 1. The van der Waals surface area contributed by atoms with Crippen LogP contribution < -0.4 is 10.1 Å². The SMILES string of the molecule is COc1ccc(NC(=O)C[C@H]2C(=O)N(CCc3ccccc3)C[C@@H]2Cc2ccccc2)cc1. The van der Waals surface area contributed by atoms with Crippen molar-refractivity contribution in [2.75, 3.05) is 25.5 Å². The van der Waals surface area contributed by atoms with Crippen molar-refractivity contribution < 1.29 is 14.3 Å². The molecular formula is C28H30N2O3. The topological polar surface area (TPSA) is 58.6 Å². The molecule has 2 atom stereocenters. The molecule has 0 unspecified atom stereocenters. The Kier molecular flexibility index (Phi) is 7.40. The molecule has 33 heavy (non-hydrogen) atoms. The van der Waals surface area contributed by atoms with Gasteiger partial charge in [-0.15, -0.1) is 0 Å². The third-order valence-corrected chi connectivity index (χ3v) is 6.29. The molecule has 0 bridgehead atoms. The van der Waals surface area contributed by atoms with E-state index in [2.05, 4.69) is 29.6 Å². The molecule has 1 N–H and O–H groups in total. The highest BCUT2D eigenvalue weighted by Gasteiger charge is 2.41. The van der Waals surface area contributed by atoms with Crippen LogP contribution in [-0.4, -0.2) is 36.9 Å². The van der Waals surface area contributed by atoms with Crippen LogP contribution in [0.25, 0.3) is 0 Å². The Balaban J connectivity index is 1.43. The van der Waals surface area contributed by atoms with Crippen LogP contribution in [0.15, 0.2) is 84.9 Å². The molecule has 2 amide bonds. The average Bonchev–Trinajstić information content (AvgIpc) is 3.13. The predicted octanol–water partition coefficient (Wildman–Crippen LogP) is 4.58. The summed E-state index contributed by atoms with van der Waals surface area (Å²) in [5, 5.41) is 2.93. The summed E-state index contributed by atoms with van der Waals surface area (Å²) in [6.45, 7) is 1.35. The molecule has 1 fully saturated rings. The fraction of sp³-hybridized carbons (Fsp3) is 0.286. The summed E-state index contributed by atoms with van der Waals surface area (Å²) in [5.41, 5.74) is 3.11. The van der Waals surface area contributed by atoms with Crippen LogP contribution in [0.5, 0.6) is 5.75 Å². The smallest absolute Gasteiger partial charge is 0.226 e. The van der Waals surface area contributed by atoms with Gasteiger partial charge in [-0.2, -0.15) is 0 Å². The molecule has 0 saturated carbocycles. The molecule has 4 rings (SSSR count). The molecule has 1 aliphatic heterocycles. The zero-order valence-electron chi connectivity index (χ0n) is 18.9. The van der Waals surface area contributed by atoms with E-state index in [9.17, 15) is 9.59 Å². The van der Waals surface area contributed by atoms with Gasteiger partial charge in [0, 0.05) is 25.2 Å². The fourth-order valence-corrected chi connectivity index (χ4v) is 4.51. The number of benzene rings is 3. The van der Waals surface area contributed by atoms with Gasteiger partial charge in [0.2, 0.25) is 11.8 Å². The Morgan fingerprint density at radius 2 is 1.58 bits per heavy atom. The van der Waals surface area contributed by atoms with Crippen molar-refractivity contribution in [3.05, 3.63) is 96.1 Å². The van der Waals surface area contributed by atoms with E-state index in [0.717, 1.165) is 18.6 Å². The largest absolute Gasteiger partial charge is 0.497 e. The van der Waals surface area contributed by atoms with E-state index < -0.39 is 0 Å². The number of hydrogen-bond acceptors (Lipinski definition) is 3. The molecule has 0 radical (unpaired) electrons. The molecule has 1 saturated heterocycles. The molecular weight excluding hydrogens is 412 g/mol. The first-order chi connectivity index (χ1) is 16.1. The van der Waals surface area contributed by atoms with Crippen molar-refractivity contribution >= 4 is 17.5 Å². The average molecular weight is 443 g/mol. The molecule has 0 spiro atoms. The van der Waals surface area contributed by atoms with Crippen molar-refractivity contribution in [1.82, 2.24) is 4.90 Å². The molecule has 5 heteroatoms. The predicted molar refractivity (Wildman–Crippen MR) is 130 cm³/mol. The van der Waals surface area contributed by atoms with E-state index in [0.29, 0.717) is 18.8 Å². The number of methoxy groups -OCH3 is 1. The number of likely N-dealkylation sites (tertiary alicyclic amines) is 1. The molecule has 0 aromatic heterocycles. The number of carbonyl (C=O) groups is 2. The minimum atomic E-state index is -0.320. The van der Waals surface area contributed by atoms with Gasteiger partial charge in [-0.1, -0.05) is 60.7 Å². The lowest BCUT2D eigenvalue weighted by atomic mass is 9.87. The van der Waals surface area contributed by atoms with Crippen molar-refractivity contribution in [1.29, 1.82) is 0 Å². The number of amides is 2. The lowest BCUT2D eigenvalue weighted by Gasteiger charge is -2.16. The van der Waals surface area contributed by atoms with Crippen molar-refractivity contribution in [2.45, 2.75) is 19.3 Å². The molecule has 3 aromatic carbocycles. The maximum atomic E-state index is 13.3. The number of hydrogen-bond donors (Lipinski definition) is 1. The summed E-state index contributed by atoms with van der Waals surface area (Å²) >= 11 is 0. The monoisotopic (exact) mass is 442 g/mol. The van der Waals surface area contributed by atoms with Gasteiger partial charge < -0.3 is 15.0 Å². The normalized spacial score (nSPS) is 17.7. The van der Waals surface area contributed by atoms with Gasteiger partial charge in [-0.05, 0) is 54.2 Å². The highest BCUT2D eigenvalue weighted by Crippen LogP contribution is 2.31. The Morgan fingerprint density at radius 1 is 0.939 bits per heavy atom. The second-order valence-electron chi connectivity index (χ2n) is 8.56. The maximum absolute atomic E-state index is 13.3. The Labute approximate surface area is 195 Å². The Hall–Kier alpha value is -3.60. The van der Waals surface area contributed by atoms with E-state index in [1.807, 2.05) is 41.3 Å². The van der Waals surface area contributed by atoms with E-state index in [1.165, 1.54) is 11.1 Å². The molecule has 1 aliphatic rings. The minimum Gasteiger partial charge on any atom is -0.497 e. The number of rotatable bonds is 9. The second kappa shape index (κ2) is 10.8. The second-order valence-corrected chi connectivity index (χ2v) is 8.56. The van der Waals surface area contributed by atoms with E-state index in [1.54, 1.807) is 31.4 Å². The number of nitrogens with zero attached hydrogens (tertiary/aromatic N) is 1. The minimum absolute atomic E-state index is 0.0803. The van der Waals surface area contributed by atoms with Gasteiger partial charge in [0.15, 0.2) is 0 Å². The molecule has 170 valence electrons. The van der Waals surface area contributed by atoms with Crippen LogP contribution in [0.1, 0.15) is 17.5 Å². The number of carbonyl (C=O) groups excluding carboxylic acids is 2. The standard InChI is InChI=1S/C28H30N2O3/c1-33-25-14-12-24(13-15-25)29-27(31)19-26-23(18-22-10-6-3-7-11-22)20-30(28(26)32)17-16-21-8-4-2-5-9-21/h2-15,23,26H,16-20H2,1H3,(H,29,31)/t23-,26+/m0/s1. The molecule has 3 aromatic rings. The zero-order valence-corrected chi connectivity index (χ0v) is 18.9. The number of nitrogens with one attached hydrogen (secondary N) is 1. The third-order valence-electron chi connectivity index (χ3n) is 6.29. The highest BCUT2D eigenvalue weighted by atomic mass is 16.5. The van der Waals surface area contributed by atoms with Crippen LogP contribution in [0, 0.1) is 11.8 Å². The summed E-state index contributed by atoms with van der Waals surface area (Å²) in [7, 11) is 1.61. The lowest BCUT2D eigenvalue weighted by Crippen LogP contribution is -2.30. The molecule has 1 heterocycles. The first-order valence-electron chi connectivity index (χ1n) is 11.4. The molecule has 0 aliphatic carbocycles. The van der Waals surface area contributed by atoms with Gasteiger partial charge in [0.25, 0.3) is 0 Å². The van der Waals surface area contributed by atoms with E-state index in [4.69, 9.17) is 4.74 Å². The number of ether oxygens (including phenoxy) is 1. The lowest BCUT2D eigenvalue weighted by molar-refractivity contribution is -0.133. The Morgan fingerprint density at radius 3 is 2.21 bits per heavy atom. The van der Waals surface area contributed by atoms with Gasteiger partial charge in [-0.25, -0.2) is 0 Å². The van der Waals surface area contributed by atoms with Gasteiger partial charge in [-0.3, -0.25) is 9.59 Å². The summed E-state index contributed by atoms with van der Waals surface area (Å²) in [6, 6.07) is 27.6. The van der Waals surface area contributed by atoms with Crippen molar-refractivity contribution in [2.24, 2.45) is 11.8 Å². The summed E-state index contributed by atoms with van der Waals surface area (Å²) in [4.78, 5) is 28.1. The summed E-state index contributed by atoms with van der Waals surface area (Å²) in [5.74, 6) is 0.464. The molecule has 5 nitrogen and oxygen atoms in total. The fourth-order valence-electron chi connectivity index (χ4n) is 4.51. The summed E-state index contributed by atoms with van der Waals surface area (Å²) in [6.07, 6.45) is 1.79. The first kappa shape index (κ1) is 22.6. The van der Waals surface area contributed by atoms with Gasteiger partial charge in [0.1, 0.15) is 5.75 Å². The van der Waals surface area contributed by atoms with Crippen LogP contribution in [0.2, 0.25) is 0 Å². The van der Waals surface area contributed by atoms with Crippen LogP contribution in [-0.2, 0) is 22.4 Å². The van der Waals surface area contributed by atoms with Crippen LogP contribution >= 0.6 is 0 Å². The van der Waals surface area contributed by atoms with Gasteiger partial charge >= 0.3 is 0 Å². The summed E-state index contributed by atoms with van der Waals surface area (Å²) < 4.78 is 5.17. The van der Waals surface area contributed by atoms with Crippen LogP contribution in [0.4, 0.5) is 5.69 Å². The zero-order chi connectivity index (χ0) is 23.0. The maximum Gasteiger partial charge on any atom is 0.226 e. The third kappa shape index (κ3) is 6.01. The van der Waals surface area contributed by atoms with E-state index in [-0.39, 0.29) is 30.1 Å². The Bertz CT molecular complexity index is 1050. The van der Waals surface area contributed by atoms with Crippen LogP contribution in [0.3, 0.4) is 0 Å². The van der Waals surface area contributed by atoms with Crippen molar-refractivity contribution in [3.8, 4) is 5.75 Å². The van der Waals surface area contributed by atoms with E-state index >= 15 is 0 Å². The van der Waals surface area contributed by atoms with Crippen molar-refractivity contribution in [3.63, 3.8) is 0 Å². The quantitative estimate of drug-likeness (QED) is 0.528.